The summed E-state index contributed by atoms with van der Waals surface area (Å²) >= 11 is 0. The summed E-state index contributed by atoms with van der Waals surface area (Å²) in [5, 5.41) is 12.2. The van der Waals surface area contributed by atoms with Crippen LogP contribution >= 0.6 is 0 Å². The number of halogens is 3. The van der Waals surface area contributed by atoms with Crippen LogP contribution in [0.25, 0.3) is 0 Å². The number of carbonyl (C=O) groups is 1. The minimum atomic E-state index is -4.51. The molecule has 11 heteroatoms. The van der Waals surface area contributed by atoms with Crippen LogP contribution in [-0.2, 0) is 11.0 Å². The number of rotatable bonds is 4. The van der Waals surface area contributed by atoms with E-state index >= 15 is 0 Å². The third-order valence-electron chi connectivity index (χ3n) is 4.71. The van der Waals surface area contributed by atoms with Gasteiger partial charge in [-0.1, -0.05) is 6.07 Å². The monoisotopic (exact) mass is 419 g/mol. The van der Waals surface area contributed by atoms with E-state index in [-0.39, 0.29) is 23.0 Å². The Balaban J connectivity index is 1.90. The Bertz CT molecular complexity index is 1000. The zero-order valence-corrected chi connectivity index (χ0v) is 16.4. The van der Waals surface area contributed by atoms with Gasteiger partial charge in [0.15, 0.2) is 11.6 Å². The Morgan fingerprint density at radius 2 is 2.10 bits per heavy atom. The first-order valence-electron chi connectivity index (χ1n) is 9.11. The first kappa shape index (κ1) is 21.2. The van der Waals surface area contributed by atoms with Crippen LogP contribution in [0.5, 0.6) is 0 Å². The van der Waals surface area contributed by atoms with Crippen molar-refractivity contribution in [3.8, 4) is 6.07 Å². The fraction of sp³-hybridized carbons (Fsp3) is 0.368. The average molecular weight is 419 g/mol. The summed E-state index contributed by atoms with van der Waals surface area (Å²) in [7, 11) is 3.41. The highest BCUT2D eigenvalue weighted by atomic mass is 19.4. The lowest BCUT2D eigenvalue weighted by atomic mass is 10.1. The Kier molecular flexibility index (Phi) is 5.69. The minimum absolute atomic E-state index is 0.0402. The lowest BCUT2D eigenvalue weighted by molar-refractivity contribution is -0.137. The summed E-state index contributed by atoms with van der Waals surface area (Å²) in [5.41, 5.74) is 5.16. The van der Waals surface area contributed by atoms with Gasteiger partial charge in [0.05, 0.1) is 5.56 Å². The van der Waals surface area contributed by atoms with Crippen LogP contribution in [0.2, 0.25) is 0 Å². The number of amides is 1. The Morgan fingerprint density at radius 1 is 1.37 bits per heavy atom. The summed E-state index contributed by atoms with van der Waals surface area (Å²) in [6.07, 6.45) is -3.41. The molecule has 0 aliphatic carbocycles. The Labute approximate surface area is 171 Å². The van der Waals surface area contributed by atoms with Gasteiger partial charge in [-0.2, -0.15) is 28.4 Å². The third-order valence-corrected chi connectivity index (χ3v) is 4.71. The van der Waals surface area contributed by atoms with Crippen molar-refractivity contribution in [3.63, 3.8) is 0 Å². The van der Waals surface area contributed by atoms with Gasteiger partial charge in [0.25, 0.3) is 0 Å². The molecule has 1 aliphatic rings. The smallest absolute Gasteiger partial charge is 0.368 e. The maximum atomic E-state index is 12.9. The van der Waals surface area contributed by atoms with Gasteiger partial charge in [0.1, 0.15) is 17.7 Å². The van der Waals surface area contributed by atoms with Gasteiger partial charge >= 0.3 is 6.18 Å². The van der Waals surface area contributed by atoms with Crippen molar-refractivity contribution in [3.05, 3.63) is 35.4 Å². The molecule has 1 amide bonds. The summed E-state index contributed by atoms with van der Waals surface area (Å²) < 4.78 is 38.8. The normalized spacial score (nSPS) is 16.3. The van der Waals surface area contributed by atoms with Crippen molar-refractivity contribution >= 4 is 29.2 Å². The molecule has 30 heavy (non-hydrogen) atoms. The fourth-order valence-corrected chi connectivity index (χ4v) is 3.38. The van der Waals surface area contributed by atoms with E-state index in [2.05, 4.69) is 21.4 Å². The Hall–Kier alpha value is -3.55. The first-order chi connectivity index (χ1) is 14.1. The number of nitrogens with one attached hydrogen (secondary N) is 1. The maximum Gasteiger partial charge on any atom is 0.416 e. The lowest BCUT2D eigenvalue weighted by Gasteiger charge is -2.27. The molecule has 2 aromatic rings. The van der Waals surface area contributed by atoms with Crippen molar-refractivity contribution in [2.24, 2.45) is 0 Å². The second-order valence-corrected chi connectivity index (χ2v) is 7.03. The number of aromatic nitrogens is 2. The van der Waals surface area contributed by atoms with Crippen LogP contribution in [0.1, 0.15) is 24.0 Å². The van der Waals surface area contributed by atoms with Crippen molar-refractivity contribution in [2.75, 3.05) is 41.5 Å². The number of nitriles is 1. The number of nitrogen functional groups attached to an aromatic ring is 1. The number of carbonyl (C=O) groups excluding carboxylic acids is 1. The standard InChI is InChI=1S/C19H20F3N7O/c1-28(2)15-13(10-23)16(27-18(24)26-15)29-8-4-7-14(29)17(30)25-12-6-3-5-11(9-12)19(20,21)22/h3,5-6,9,14H,4,7-8H2,1-2H3,(H,25,30)(H2,24,26,27). The molecular weight excluding hydrogens is 399 g/mol. The molecule has 8 nitrogen and oxygen atoms in total. The summed E-state index contributed by atoms with van der Waals surface area (Å²) in [6.45, 7) is 0.443. The molecule has 0 saturated carbocycles. The zero-order chi connectivity index (χ0) is 22.1. The molecule has 0 bridgehead atoms. The summed E-state index contributed by atoms with van der Waals surface area (Å²) in [4.78, 5) is 24.4. The third kappa shape index (κ3) is 4.22. The molecule has 1 atom stereocenters. The molecule has 1 aromatic heterocycles. The topological polar surface area (TPSA) is 111 Å². The van der Waals surface area contributed by atoms with Crippen molar-refractivity contribution in [1.29, 1.82) is 5.26 Å². The number of alkyl halides is 3. The number of benzene rings is 1. The molecule has 1 aromatic carbocycles. The van der Waals surface area contributed by atoms with E-state index in [9.17, 15) is 23.2 Å². The van der Waals surface area contributed by atoms with Gasteiger partial charge in [0, 0.05) is 26.3 Å². The van der Waals surface area contributed by atoms with E-state index in [1.165, 1.54) is 12.1 Å². The fourth-order valence-electron chi connectivity index (χ4n) is 3.38. The molecule has 3 rings (SSSR count). The predicted octanol–water partition coefficient (Wildman–Crippen LogP) is 2.62. The SMILES string of the molecule is CN(C)c1nc(N)nc(N2CCCC2C(=O)Nc2cccc(C(F)(F)F)c2)c1C#N. The Morgan fingerprint density at radius 3 is 2.73 bits per heavy atom. The number of hydrogen-bond acceptors (Lipinski definition) is 7. The predicted molar refractivity (Wildman–Crippen MR) is 106 cm³/mol. The molecule has 2 heterocycles. The van der Waals surface area contributed by atoms with Crippen LogP contribution in [0.4, 0.5) is 36.4 Å². The molecule has 0 spiro atoms. The van der Waals surface area contributed by atoms with Gasteiger partial charge < -0.3 is 20.9 Å². The van der Waals surface area contributed by atoms with Crippen molar-refractivity contribution < 1.29 is 18.0 Å². The van der Waals surface area contributed by atoms with Crippen LogP contribution in [0.3, 0.4) is 0 Å². The average Bonchev–Trinajstić information content (AvgIpc) is 3.16. The van der Waals surface area contributed by atoms with Crippen LogP contribution < -0.4 is 20.9 Å². The number of nitrogens with zero attached hydrogens (tertiary/aromatic N) is 5. The van der Waals surface area contributed by atoms with E-state index < -0.39 is 23.7 Å². The number of anilines is 4. The van der Waals surface area contributed by atoms with E-state index in [0.29, 0.717) is 25.2 Å². The van der Waals surface area contributed by atoms with Gasteiger partial charge in [-0.05, 0) is 31.0 Å². The van der Waals surface area contributed by atoms with E-state index in [1.54, 1.807) is 23.9 Å². The van der Waals surface area contributed by atoms with E-state index in [1.807, 2.05) is 0 Å². The van der Waals surface area contributed by atoms with Gasteiger partial charge in [0.2, 0.25) is 11.9 Å². The van der Waals surface area contributed by atoms with Gasteiger partial charge in [-0.3, -0.25) is 4.79 Å². The first-order valence-corrected chi connectivity index (χ1v) is 9.11. The van der Waals surface area contributed by atoms with Crippen LogP contribution in [0.15, 0.2) is 24.3 Å². The highest BCUT2D eigenvalue weighted by Gasteiger charge is 2.35. The van der Waals surface area contributed by atoms with Crippen molar-refractivity contribution in [2.45, 2.75) is 25.1 Å². The van der Waals surface area contributed by atoms with Gasteiger partial charge in [-0.25, -0.2) is 0 Å². The van der Waals surface area contributed by atoms with Crippen LogP contribution in [-0.4, -0.2) is 42.6 Å². The summed E-state index contributed by atoms with van der Waals surface area (Å²) in [6, 6.07) is 5.78. The van der Waals surface area contributed by atoms with E-state index in [0.717, 1.165) is 12.1 Å². The lowest BCUT2D eigenvalue weighted by Crippen LogP contribution is -2.41. The van der Waals surface area contributed by atoms with E-state index in [4.69, 9.17) is 5.73 Å². The number of nitrogens with two attached hydrogens (primary N) is 1. The molecule has 1 unspecified atom stereocenters. The molecule has 3 N–H and O–H groups in total. The van der Waals surface area contributed by atoms with Gasteiger partial charge in [-0.15, -0.1) is 0 Å². The highest BCUT2D eigenvalue weighted by Crippen LogP contribution is 2.33. The zero-order valence-electron chi connectivity index (χ0n) is 16.4. The maximum absolute atomic E-state index is 12.9. The second-order valence-electron chi connectivity index (χ2n) is 7.03. The minimum Gasteiger partial charge on any atom is -0.368 e. The summed E-state index contributed by atoms with van der Waals surface area (Å²) in [5.74, 6) is 0.0234. The number of hydrogen-bond donors (Lipinski definition) is 2. The molecule has 1 aliphatic heterocycles. The van der Waals surface area contributed by atoms with Crippen LogP contribution in [0, 0.1) is 11.3 Å². The molecule has 158 valence electrons. The molecular formula is C19H20F3N7O. The molecule has 1 fully saturated rings. The second kappa shape index (κ2) is 8.06. The van der Waals surface area contributed by atoms with Crippen molar-refractivity contribution in [1.82, 2.24) is 9.97 Å². The highest BCUT2D eigenvalue weighted by molar-refractivity contribution is 5.97. The quantitative estimate of drug-likeness (QED) is 0.784. The molecule has 0 radical (unpaired) electrons. The molecule has 1 saturated heterocycles. The largest absolute Gasteiger partial charge is 0.416 e.